The molecule has 1 aliphatic heterocycles. The van der Waals surface area contributed by atoms with Crippen LogP contribution in [0.1, 0.15) is 60.0 Å². The lowest BCUT2D eigenvalue weighted by molar-refractivity contribution is -0.0230. The van der Waals surface area contributed by atoms with Crippen molar-refractivity contribution in [1.29, 1.82) is 0 Å². The Morgan fingerprint density at radius 1 is 1.27 bits per heavy atom. The number of fused-ring (bicyclic) bond motifs is 2. The fraction of sp³-hybridized carbons (Fsp3) is 0.536. The minimum absolute atomic E-state index is 0.00899. The van der Waals surface area contributed by atoms with Crippen LogP contribution in [0.15, 0.2) is 36.5 Å². The molecule has 0 saturated heterocycles. The zero-order valence-electron chi connectivity index (χ0n) is 21.0. The number of benzene rings is 1. The van der Waals surface area contributed by atoms with Crippen molar-refractivity contribution in [2.24, 2.45) is 11.3 Å². The number of nitrogens with one attached hydrogen (secondary N) is 1. The van der Waals surface area contributed by atoms with Crippen LogP contribution in [-0.2, 0) is 13.0 Å². The van der Waals surface area contributed by atoms with E-state index in [2.05, 4.69) is 20.2 Å². The number of halogens is 2. The van der Waals surface area contributed by atoms with E-state index >= 15 is 0 Å². The predicted molar refractivity (Wildman–Crippen MR) is 139 cm³/mol. The van der Waals surface area contributed by atoms with Crippen molar-refractivity contribution in [2.45, 2.75) is 64.0 Å². The largest absolute Gasteiger partial charge is 0.464 e. The molecule has 9 heteroatoms. The molecule has 3 aromatic rings. The molecule has 37 heavy (non-hydrogen) atoms. The van der Waals surface area contributed by atoms with Gasteiger partial charge in [0, 0.05) is 54.6 Å². The highest BCUT2D eigenvalue weighted by atomic mass is 32.1. The summed E-state index contributed by atoms with van der Waals surface area (Å²) in [7, 11) is 0. The van der Waals surface area contributed by atoms with Crippen LogP contribution < -0.4 is 10.1 Å². The van der Waals surface area contributed by atoms with Crippen molar-refractivity contribution in [3.05, 3.63) is 52.7 Å². The highest BCUT2D eigenvalue weighted by Gasteiger charge is 2.55. The second-order valence-electron chi connectivity index (χ2n) is 11.1. The third kappa shape index (κ3) is 5.34. The van der Waals surface area contributed by atoms with Crippen LogP contribution in [0, 0.1) is 11.3 Å². The summed E-state index contributed by atoms with van der Waals surface area (Å²) in [5.41, 5.74) is 2.93. The van der Waals surface area contributed by atoms with E-state index in [1.54, 1.807) is 6.20 Å². The van der Waals surface area contributed by atoms with Gasteiger partial charge in [-0.1, -0.05) is 23.5 Å². The van der Waals surface area contributed by atoms with E-state index in [1.807, 2.05) is 30.3 Å². The maximum Gasteiger partial charge on any atom is 0.278 e. The lowest BCUT2D eigenvalue weighted by atomic mass is 9.81. The number of ether oxygens (including phenoxy) is 1. The summed E-state index contributed by atoms with van der Waals surface area (Å²) in [6, 6.07) is 9.74. The van der Waals surface area contributed by atoms with Gasteiger partial charge in [-0.25, -0.2) is 13.8 Å². The first-order chi connectivity index (χ1) is 17.8. The van der Waals surface area contributed by atoms with Crippen molar-refractivity contribution in [1.82, 2.24) is 20.2 Å². The van der Waals surface area contributed by atoms with Crippen molar-refractivity contribution in [2.75, 3.05) is 19.7 Å². The Morgan fingerprint density at radius 3 is 2.92 bits per heavy atom. The number of carbonyl (C=O) groups is 1. The quantitative estimate of drug-likeness (QED) is 0.443. The van der Waals surface area contributed by atoms with Crippen LogP contribution in [0.4, 0.5) is 8.78 Å². The SMILES string of the molecule is CC(F)(F)COc1nc2c(s1)CCN(C[C@@H]1C[C@]13CC[C@H](NC(=O)c1cccc4ncccc14)CC3)C2. The van der Waals surface area contributed by atoms with Crippen LogP contribution in [0.25, 0.3) is 10.9 Å². The van der Waals surface area contributed by atoms with Gasteiger partial charge in [-0.3, -0.25) is 14.7 Å². The molecule has 2 fully saturated rings. The number of nitrogens with zero attached hydrogens (tertiary/aromatic N) is 3. The average Bonchev–Trinajstić information content (AvgIpc) is 3.35. The van der Waals surface area contributed by atoms with E-state index in [0.717, 1.165) is 80.1 Å². The third-order valence-corrected chi connectivity index (χ3v) is 9.35. The van der Waals surface area contributed by atoms with E-state index in [0.29, 0.717) is 22.1 Å². The molecule has 2 aliphatic carbocycles. The number of alkyl halides is 2. The Kier molecular flexibility index (Phi) is 6.39. The van der Waals surface area contributed by atoms with Gasteiger partial charge in [0.1, 0.15) is 0 Å². The van der Waals surface area contributed by atoms with Gasteiger partial charge in [0.15, 0.2) is 6.61 Å². The lowest BCUT2D eigenvalue weighted by Crippen LogP contribution is -2.39. The number of pyridine rings is 1. The number of carbonyl (C=O) groups excluding carboxylic acids is 1. The van der Waals surface area contributed by atoms with Gasteiger partial charge >= 0.3 is 0 Å². The highest BCUT2D eigenvalue weighted by Crippen LogP contribution is 2.61. The Balaban J connectivity index is 0.991. The van der Waals surface area contributed by atoms with Crippen molar-refractivity contribution in [3.8, 4) is 5.19 Å². The Bertz CT molecular complexity index is 1290. The van der Waals surface area contributed by atoms with Crippen LogP contribution in [0.3, 0.4) is 0 Å². The molecule has 1 aromatic carbocycles. The number of thiazole rings is 1. The predicted octanol–water partition coefficient (Wildman–Crippen LogP) is 5.46. The lowest BCUT2D eigenvalue weighted by Gasteiger charge is -2.32. The molecule has 1 atom stereocenters. The Morgan fingerprint density at radius 2 is 2.11 bits per heavy atom. The third-order valence-electron chi connectivity index (χ3n) is 8.28. The first-order valence-electron chi connectivity index (χ1n) is 13.1. The minimum atomic E-state index is -2.85. The van der Waals surface area contributed by atoms with Gasteiger partial charge < -0.3 is 10.1 Å². The van der Waals surface area contributed by atoms with E-state index in [9.17, 15) is 13.6 Å². The molecule has 2 saturated carbocycles. The summed E-state index contributed by atoms with van der Waals surface area (Å²) in [5, 5.41) is 4.53. The first-order valence-corrected chi connectivity index (χ1v) is 14.0. The van der Waals surface area contributed by atoms with Gasteiger partial charge in [-0.05, 0) is 68.1 Å². The van der Waals surface area contributed by atoms with Gasteiger partial charge in [-0.2, -0.15) is 0 Å². The summed E-state index contributed by atoms with van der Waals surface area (Å²) >= 11 is 1.41. The molecular formula is C28H32F2N4O2S. The van der Waals surface area contributed by atoms with E-state index in [4.69, 9.17) is 4.74 Å². The molecule has 3 heterocycles. The van der Waals surface area contributed by atoms with Crippen LogP contribution in [-0.4, -0.2) is 52.4 Å². The number of aromatic nitrogens is 2. The molecule has 1 N–H and O–H groups in total. The molecule has 2 aromatic heterocycles. The normalized spacial score (nSPS) is 25.7. The second kappa shape index (κ2) is 9.58. The van der Waals surface area contributed by atoms with Gasteiger partial charge in [0.25, 0.3) is 17.0 Å². The van der Waals surface area contributed by atoms with Crippen molar-refractivity contribution in [3.63, 3.8) is 0 Å². The van der Waals surface area contributed by atoms with Gasteiger partial charge in [0.2, 0.25) is 0 Å². The fourth-order valence-electron chi connectivity index (χ4n) is 6.15. The zero-order chi connectivity index (χ0) is 25.6. The molecule has 1 spiro atoms. The van der Waals surface area contributed by atoms with Crippen LogP contribution in [0.2, 0.25) is 0 Å². The summed E-state index contributed by atoms with van der Waals surface area (Å²) in [5.74, 6) is -2.18. The van der Waals surface area contributed by atoms with Crippen LogP contribution in [0.5, 0.6) is 5.19 Å². The molecule has 6 rings (SSSR count). The van der Waals surface area contributed by atoms with E-state index in [1.165, 1.54) is 17.8 Å². The zero-order valence-corrected chi connectivity index (χ0v) is 21.8. The molecule has 3 aliphatic rings. The molecule has 0 bridgehead atoms. The maximum atomic E-state index is 13.1. The van der Waals surface area contributed by atoms with Crippen molar-refractivity contribution < 1.29 is 18.3 Å². The fourth-order valence-corrected chi connectivity index (χ4v) is 7.06. The Hall–Kier alpha value is -2.65. The van der Waals surface area contributed by atoms with Gasteiger partial charge in [0.05, 0.1) is 11.2 Å². The van der Waals surface area contributed by atoms with E-state index < -0.39 is 12.5 Å². The molecule has 196 valence electrons. The minimum Gasteiger partial charge on any atom is -0.464 e. The number of hydrogen-bond donors (Lipinski definition) is 1. The highest BCUT2D eigenvalue weighted by molar-refractivity contribution is 7.13. The van der Waals surface area contributed by atoms with Crippen LogP contribution >= 0.6 is 11.3 Å². The number of hydrogen-bond acceptors (Lipinski definition) is 6. The Labute approximate surface area is 219 Å². The maximum absolute atomic E-state index is 13.1. The molecule has 6 nitrogen and oxygen atoms in total. The van der Waals surface area contributed by atoms with Gasteiger partial charge in [-0.15, -0.1) is 0 Å². The standard InChI is InChI=1S/C28H32F2N4O2S/c1-27(29,30)17-36-26-33-23-16-34(13-9-24(23)37-26)15-18-14-28(18)10-7-19(8-11-28)32-25(35)21-4-2-6-22-20(21)5-3-12-31-22/h2-6,12,18-19H,7-11,13-17H2,1H3,(H,32,35)/t18-,19-,28+/m0/s1. The summed E-state index contributed by atoms with van der Waals surface area (Å²) in [6.07, 6.45) is 8.24. The van der Waals surface area contributed by atoms with Crippen molar-refractivity contribution >= 4 is 28.1 Å². The monoisotopic (exact) mass is 526 g/mol. The first kappa shape index (κ1) is 24.7. The molecular weight excluding hydrogens is 494 g/mol. The summed E-state index contributed by atoms with van der Waals surface area (Å²) < 4.78 is 31.5. The molecule has 0 radical (unpaired) electrons. The van der Waals surface area contributed by atoms with E-state index in [-0.39, 0.29) is 11.9 Å². The molecule has 1 amide bonds. The second-order valence-corrected chi connectivity index (χ2v) is 12.1. The topological polar surface area (TPSA) is 67.3 Å². The average molecular weight is 527 g/mol. The smallest absolute Gasteiger partial charge is 0.278 e. The molecule has 0 unspecified atom stereocenters. The number of rotatable bonds is 7. The number of amides is 1. The summed E-state index contributed by atoms with van der Waals surface area (Å²) in [6.45, 7) is 3.03. The summed E-state index contributed by atoms with van der Waals surface area (Å²) in [4.78, 5) is 25.5.